The van der Waals surface area contributed by atoms with Gasteiger partial charge >= 0.3 is 6.03 Å². The molecule has 0 spiro atoms. The highest BCUT2D eigenvalue weighted by Crippen LogP contribution is 2.24. The van der Waals surface area contributed by atoms with Gasteiger partial charge in [0.25, 0.3) is 5.56 Å². The van der Waals surface area contributed by atoms with E-state index in [9.17, 15) is 14.4 Å². The molecule has 1 fully saturated rings. The van der Waals surface area contributed by atoms with E-state index in [0.717, 1.165) is 0 Å². The summed E-state index contributed by atoms with van der Waals surface area (Å²) in [5.74, 6) is -0.266. The third-order valence-corrected chi connectivity index (χ3v) is 5.66. The van der Waals surface area contributed by atoms with Crippen LogP contribution in [0, 0.1) is 0 Å². The van der Waals surface area contributed by atoms with Crippen molar-refractivity contribution in [2.75, 3.05) is 23.3 Å². The van der Waals surface area contributed by atoms with Crippen LogP contribution < -0.4 is 21.1 Å². The smallest absolute Gasteiger partial charge is 0.323 e. The Bertz CT molecular complexity index is 1360. The number of aromatic amines is 1. The molecule has 156 valence electrons. The molecule has 31 heavy (non-hydrogen) atoms. The molecule has 3 aromatic heterocycles. The van der Waals surface area contributed by atoms with Crippen molar-refractivity contribution in [3.63, 3.8) is 0 Å². The first-order valence-corrected chi connectivity index (χ1v) is 10.3. The molecule has 0 bridgehead atoms. The van der Waals surface area contributed by atoms with E-state index in [2.05, 4.69) is 30.7 Å². The van der Waals surface area contributed by atoms with E-state index >= 15 is 0 Å². The van der Waals surface area contributed by atoms with Crippen LogP contribution >= 0.6 is 11.3 Å². The summed E-state index contributed by atoms with van der Waals surface area (Å²) in [5.41, 5.74) is 1.78. The molecular weight excluding hydrogens is 420 g/mol. The van der Waals surface area contributed by atoms with Gasteiger partial charge in [0.05, 0.1) is 36.0 Å². The largest absolute Gasteiger partial charge is 0.336 e. The fourth-order valence-corrected chi connectivity index (χ4v) is 4.16. The van der Waals surface area contributed by atoms with E-state index in [-0.39, 0.29) is 23.9 Å². The van der Waals surface area contributed by atoms with Gasteiger partial charge in [0.2, 0.25) is 5.91 Å². The van der Waals surface area contributed by atoms with Crippen LogP contribution in [0.25, 0.3) is 16.7 Å². The average molecular weight is 436 g/mol. The number of H-pyrrole nitrogens is 1. The number of benzene rings is 1. The van der Waals surface area contributed by atoms with Crippen molar-refractivity contribution in [2.45, 2.75) is 6.42 Å². The van der Waals surface area contributed by atoms with Crippen molar-refractivity contribution in [1.82, 2.24) is 30.0 Å². The lowest BCUT2D eigenvalue weighted by molar-refractivity contribution is -0.115. The van der Waals surface area contributed by atoms with Crippen molar-refractivity contribution in [2.24, 2.45) is 0 Å². The summed E-state index contributed by atoms with van der Waals surface area (Å²) in [6.45, 7) is 1.13. The van der Waals surface area contributed by atoms with Gasteiger partial charge in [0, 0.05) is 18.5 Å². The van der Waals surface area contributed by atoms with Crippen molar-refractivity contribution in [3.8, 4) is 5.69 Å². The molecule has 5 rings (SSSR count). The zero-order chi connectivity index (χ0) is 21.4. The van der Waals surface area contributed by atoms with Crippen LogP contribution in [0.3, 0.4) is 0 Å². The fourth-order valence-electron chi connectivity index (χ4n) is 3.31. The van der Waals surface area contributed by atoms with Gasteiger partial charge in [-0.1, -0.05) is 12.1 Å². The molecule has 12 heteroatoms. The number of hydrogen-bond acceptors (Lipinski definition) is 7. The Kier molecular flexibility index (Phi) is 4.67. The number of carbonyl (C=O) groups is 2. The first-order valence-electron chi connectivity index (χ1n) is 9.40. The second-order valence-corrected chi connectivity index (χ2v) is 7.61. The van der Waals surface area contributed by atoms with Crippen LogP contribution in [0.1, 0.15) is 5.69 Å². The van der Waals surface area contributed by atoms with Crippen molar-refractivity contribution >= 4 is 45.1 Å². The Morgan fingerprint density at radius 2 is 2.13 bits per heavy atom. The Morgan fingerprint density at radius 1 is 1.26 bits per heavy atom. The normalized spacial score (nSPS) is 13.5. The van der Waals surface area contributed by atoms with Crippen LogP contribution in [0.5, 0.6) is 0 Å². The molecule has 0 saturated carbocycles. The van der Waals surface area contributed by atoms with Crippen molar-refractivity contribution < 1.29 is 9.59 Å². The van der Waals surface area contributed by atoms with Crippen molar-refractivity contribution in [1.29, 1.82) is 0 Å². The fraction of sp³-hybridized carbons (Fsp3) is 0.158. The number of carbonyl (C=O) groups excluding carboxylic acids is 2. The molecule has 4 heterocycles. The number of thiazole rings is 1. The third-order valence-electron chi connectivity index (χ3n) is 4.75. The lowest BCUT2D eigenvalue weighted by Gasteiger charge is -2.11. The first kappa shape index (κ1) is 18.9. The van der Waals surface area contributed by atoms with Gasteiger partial charge in [0.15, 0.2) is 10.8 Å². The van der Waals surface area contributed by atoms with Gasteiger partial charge in [0.1, 0.15) is 5.39 Å². The number of hydrogen-bond donors (Lipinski definition) is 3. The zero-order valence-electron chi connectivity index (χ0n) is 16.0. The second-order valence-electron chi connectivity index (χ2n) is 6.77. The molecule has 11 nitrogen and oxygen atoms in total. The molecule has 0 aliphatic carbocycles. The first-order chi connectivity index (χ1) is 15.1. The maximum Gasteiger partial charge on any atom is 0.323 e. The van der Waals surface area contributed by atoms with Crippen LogP contribution in [0.15, 0.2) is 47.0 Å². The zero-order valence-corrected chi connectivity index (χ0v) is 16.8. The highest BCUT2D eigenvalue weighted by molar-refractivity contribution is 7.14. The number of rotatable bonds is 5. The lowest BCUT2D eigenvalue weighted by atomic mass is 10.2. The number of fused-ring (bicyclic) bond motifs is 1. The predicted molar refractivity (Wildman–Crippen MR) is 115 cm³/mol. The SMILES string of the molecule is O=C(Cc1csc(N2CCNC2=O)n1)Nc1ccccc1-n1ncc2c(=O)[nH]cnc21. The van der Waals surface area contributed by atoms with Gasteiger partial charge in [-0.3, -0.25) is 14.5 Å². The van der Waals surface area contributed by atoms with E-state index < -0.39 is 0 Å². The summed E-state index contributed by atoms with van der Waals surface area (Å²) in [6, 6.07) is 6.93. The average Bonchev–Trinajstić information content (AvgIpc) is 3.48. The highest BCUT2D eigenvalue weighted by Gasteiger charge is 2.24. The number of anilines is 2. The van der Waals surface area contributed by atoms with E-state index in [1.807, 2.05) is 0 Å². The van der Waals surface area contributed by atoms with E-state index in [4.69, 9.17) is 0 Å². The Hall–Kier alpha value is -4.06. The molecule has 1 saturated heterocycles. The van der Waals surface area contributed by atoms with Crippen LogP contribution in [-0.4, -0.2) is 49.8 Å². The Labute approximate surface area is 178 Å². The van der Waals surface area contributed by atoms with E-state index in [0.29, 0.717) is 46.3 Å². The molecule has 0 atom stereocenters. The standard InChI is InChI=1S/C19H16N8O3S/c28-15(7-11-9-31-19(24-11)26-6-5-20-18(26)30)25-13-3-1-2-4-14(13)27-16-12(8-23-27)17(29)22-10-21-16/h1-4,8-10H,5-7H2,(H,20,30)(H,25,28)(H,21,22,29). The monoisotopic (exact) mass is 436 g/mol. The van der Waals surface area contributed by atoms with Gasteiger partial charge < -0.3 is 15.6 Å². The maximum atomic E-state index is 12.7. The molecule has 4 aromatic rings. The minimum atomic E-state index is -0.288. The summed E-state index contributed by atoms with van der Waals surface area (Å²) < 4.78 is 1.51. The van der Waals surface area contributed by atoms with Crippen molar-refractivity contribution in [3.05, 3.63) is 58.2 Å². The molecule has 0 unspecified atom stereocenters. The number of nitrogens with zero attached hydrogens (tertiary/aromatic N) is 5. The summed E-state index contributed by atoms with van der Waals surface area (Å²) >= 11 is 1.32. The number of urea groups is 1. The van der Waals surface area contributed by atoms with E-state index in [1.54, 1.807) is 34.5 Å². The van der Waals surface area contributed by atoms with E-state index in [1.165, 1.54) is 28.5 Å². The van der Waals surface area contributed by atoms with Gasteiger partial charge in [-0.2, -0.15) is 5.10 Å². The number of nitrogens with one attached hydrogen (secondary N) is 3. The van der Waals surface area contributed by atoms with Gasteiger partial charge in [-0.05, 0) is 12.1 Å². The molecule has 1 aliphatic rings. The summed E-state index contributed by atoms with van der Waals surface area (Å²) in [4.78, 5) is 49.1. The number of para-hydroxylation sites is 2. The van der Waals surface area contributed by atoms with Crippen LogP contribution in [0.4, 0.5) is 15.6 Å². The quantitative estimate of drug-likeness (QED) is 0.431. The summed E-state index contributed by atoms with van der Waals surface area (Å²) in [6.07, 6.45) is 2.80. The molecule has 3 amide bonds. The molecular formula is C19H16N8O3S. The Morgan fingerprint density at radius 3 is 2.97 bits per heavy atom. The predicted octanol–water partition coefficient (Wildman–Crippen LogP) is 1.28. The minimum absolute atomic E-state index is 0.0536. The van der Waals surface area contributed by atoms with Crippen LogP contribution in [-0.2, 0) is 11.2 Å². The van der Waals surface area contributed by atoms with Gasteiger partial charge in [-0.25, -0.2) is 19.4 Å². The number of aromatic nitrogens is 5. The summed E-state index contributed by atoms with van der Waals surface area (Å²) in [7, 11) is 0. The second kappa shape index (κ2) is 7.65. The topological polar surface area (TPSA) is 138 Å². The van der Waals surface area contributed by atoms with Crippen LogP contribution in [0.2, 0.25) is 0 Å². The minimum Gasteiger partial charge on any atom is -0.336 e. The third kappa shape index (κ3) is 3.53. The summed E-state index contributed by atoms with van der Waals surface area (Å²) in [5, 5.41) is 12.5. The molecule has 0 radical (unpaired) electrons. The lowest BCUT2D eigenvalue weighted by Crippen LogP contribution is -2.27. The van der Waals surface area contributed by atoms with Gasteiger partial charge in [-0.15, -0.1) is 11.3 Å². The molecule has 1 aromatic carbocycles. The number of amides is 3. The molecule has 1 aliphatic heterocycles. The highest BCUT2D eigenvalue weighted by atomic mass is 32.1. The molecule has 3 N–H and O–H groups in total. The maximum absolute atomic E-state index is 12.7. The Balaban J connectivity index is 1.37.